The van der Waals surface area contributed by atoms with Crippen molar-refractivity contribution in [2.24, 2.45) is 0 Å². The molecule has 0 bridgehead atoms. The lowest BCUT2D eigenvalue weighted by atomic mass is 9.80. The number of hydrogen-bond acceptors (Lipinski definition) is 6. The number of carbonyl (C=O) groups is 4. The molecule has 0 saturated heterocycles. The molecule has 0 atom stereocenters. The molecule has 332 valence electrons. The van der Waals surface area contributed by atoms with Crippen LogP contribution in [0, 0.1) is 24.7 Å². The van der Waals surface area contributed by atoms with Gasteiger partial charge in [-0.2, -0.15) is 0 Å². The van der Waals surface area contributed by atoms with E-state index >= 15 is 19.2 Å². The smallest absolute Gasteiger partial charge is 0.268 e. The van der Waals surface area contributed by atoms with Gasteiger partial charge in [-0.1, -0.05) is 107 Å². The van der Waals surface area contributed by atoms with Crippen LogP contribution in [0.2, 0.25) is 0 Å². The summed E-state index contributed by atoms with van der Waals surface area (Å²) < 4.78 is 0. The molecule has 0 radical (unpaired) electrons. The van der Waals surface area contributed by atoms with E-state index in [9.17, 15) is 0 Å². The molecule has 0 spiro atoms. The van der Waals surface area contributed by atoms with E-state index in [0.717, 1.165) is 32.1 Å². The largest absolute Gasteiger partial charge is 0.355 e. The third-order valence-corrected chi connectivity index (χ3v) is 12.6. The summed E-state index contributed by atoms with van der Waals surface area (Å²) in [5.74, 6) is 2.74. The van der Waals surface area contributed by atoms with E-state index in [4.69, 9.17) is 12.8 Å². The topological polar surface area (TPSA) is 98.8 Å². The van der Waals surface area contributed by atoms with Gasteiger partial charge in [-0.3, -0.25) is 19.2 Å². The quantitative estimate of drug-likeness (QED) is 0.128. The Morgan fingerprint density at radius 1 is 0.409 bits per heavy atom. The number of carbonyl (C=O) groups excluding carboxylic acids is 4. The van der Waals surface area contributed by atoms with Gasteiger partial charge in [0, 0.05) is 33.3 Å². The summed E-state index contributed by atoms with van der Waals surface area (Å²) in [6, 6.07) is 29.2. The second kappa shape index (κ2) is 15.6. The summed E-state index contributed by atoms with van der Waals surface area (Å²) in [5, 5.41) is 7.58. The lowest BCUT2D eigenvalue weighted by Gasteiger charge is -2.35. The monoisotopic (exact) mass is 872 g/mol. The summed E-state index contributed by atoms with van der Waals surface area (Å²) >= 11 is 0. The summed E-state index contributed by atoms with van der Waals surface area (Å²) in [7, 11) is 0. The first kappa shape index (κ1) is 45.2. The van der Waals surface area contributed by atoms with Crippen molar-refractivity contribution in [1.82, 2.24) is 0 Å². The van der Waals surface area contributed by atoms with E-state index in [0.29, 0.717) is 45.3 Å². The molecule has 2 heterocycles. The molecule has 2 N–H and O–H groups in total. The molecule has 6 aromatic rings. The Hall–Kier alpha value is -7.42. The Morgan fingerprint density at radius 3 is 0.955 bits per heavy atom. The van der Waals surface area contributed by atoms with Crippen LogP contribution < -0.4 is 20.4 Å². The average molecular weight is 873 g/mol. The Bertz CT molecular complexity index is 2870. The molecule has 0 aliphatic carbocycles. The van der Waals surface area contributed by atoms with Crippen molar-refractivity contribution in [1.29, 1.82) is 0 Å². The fraction of sp³-hybridized carbons (Fsp3) is 0.276. The summed E-state index contributed by atoms with van der Waals surface area (Å²) in [5.41, 5.74) is 7.70. The summed E-state index contributed by atoms with van der Waals surface area (Å²) in [6.07, 6.45) is 11.4. The first-order chi connectivity index (χ1) is 30.8. The molecule has 4 amide bonds. The predicted octanol–water partition coefficient (Wildman–Crippen LogP) is 13.1. The zero-order valence-electron chi connectivity index (χ0n) is 39.9. The number of imide groups is 2. The van der Waals surface area contributed by atoms with Gasteiger partial charge >= 0.3 is 0 Å². The zero-order chi connectivity index (χ0) is 48.0. The van der Waals surface area contributed by atoms with Gasteiger partial charge in [-0.15, -0.1) is 12.8 Å². The van der Waals surface area contributed by atoms with Crippen molar-refractivity contribution in [2.45, 2.75) is 105 Å². The van der Waals surface area contributed by atoms with Crippen LogP contribution in [0.5, 0.6) is 0 Å². The molecule has 2 aliphatic rings. The minimum atomic E-state index is -0.621. The van der Waals surface area contributed by atoms with E-state index in [1.165, 1.54) is 0 Å². The molecular formula is C58H56N4O4. The van der Waals surface area contributed by atoms with Crippen molar-refractivity contribution < 1.29 is 19.2 Å². The number of nitrogens with one attached hydrogen (secondary N) is 2. The second-order valence-corrected chi connectivity index (χ2v) is 21.6. The number of amides is 4. The number of nitrogens with zero attached hydrogens (tertiary/aromatic N) is 2. The van der Waals surface area contributed by atoms with Gasteiger partial charge in [0.25, 0.3) is 23.6 Å². The van der Waals surface area contributed by atoms with E-state index < -0.39 is 23.6 Å². The van der Waals surface area contributed by atoms with Crippen LogP contribution >= 0.6 is 0 Å². The van der Waals surface area contributed by atoms with Crippen LogP contribution in [0.15, 0.2) is 97.1 Å². The number of rotatable bonds is 6. The van der Waals surface area contributed by atoms with E-state index in [1.54, 1.807) is 60.7 Å². The van der Waals surface area contributed by atoms with Crippen molar-refractivity contribution >= 4 is 68.5 Å². The lowest BCUT2D eigenvalue weighted by Crippen LogP contribution is -2.44. The van der Waals surface area contributed by atoms with Gasteiger partial charge in [0.05, 0.1) is 45.0 Å². The first-order valence-electron chi connectivity index (χ1n) is 22.2. The maximum Gasteiger partial charge on any atom is 0.268 e. The molecule has 0 aromatic heterocycles. The Morgan fingerprint density at radius 2 is 0.697 bits per heavy atom. The molecule has 0 unspecified atom stereocenters. The van der Waals surface area contributed by atoms with Gasteiger partial charge in [0.1, 0.15) is 0 Å². The van der Waals surface area contributed by atoms with Crippen LogP contribution in [-0.2, 0) is 21.7 Å². The third kappa shape index (κ3) is 7.92. The van der Waals surface area contributed by atoms with E-state index in [2.05, 4.69) is 118 Å². The fourth-order valence-corrected chi connectivity index (χ4v) is 8.59. The van der Waals surface area contributed by atoms with Crippen LogP contribution in [0.4, 0.5) is 34.1 Å². The maximum absolute atomic E-state index is 15.3. The highest BCUT2D eigenvalue weighted by atomic mass is 16.2. The minimum Gasteiger partial charge on any atom is -0.355 e. The summed E-state index contributed by atoms with van der Waals surface area (Å²) in [6.45, 7) is 25.7. The number of terminal acetylenes is 2. The lowest BCUT2D eigenvalue weighted by molar-refractivity contribution is 0.0873. The van der Waals surface area contributed by atoms with Crippen molar-refractivity contribution in [3.05, 3.63) is 153 Å². The molecule has 0 fully saturated rings. The number of hydrogen-bond donors (Lipinski definition) is 2. The van der Waals surface area contributed by atoms with Crippen LogP contribution in [0.3, 0.4) is 0 Å². The Labute approximate surface area is 388 Å². The highest BCUT2D eigenvalue weighted by Gasteiger charge is 2.44. The van der Waals surface area contributed by atoms with Gasteiger partial charge in [0.2, 0.25) is 0 Å². The molecule has 6 aromatic carbocycles. The number of benzene rings is 6. The molecule has 8 heteroatoms. The summed E-state index contributed by atoms with van der Waals surface area (Å²) in [4.78, 5) is 63.3. The predicted molar refractivity (Wildman–Crippen MR) is 269 cm³/mol. The average Bonchev–Trinajstić information content (AvgIpc) is 3.24. The van der Waals surface area contributed by atoms with Crippen molar-refractivity contribution in [2.75, 3.05) is 20.4 Å². The molecule has 8 rings (SSSR count). The molecule has 2 aliphatic heterocycles. The van der Waals surface area contributed by atoms with E-state index in [1.807, 2.05) is 24.3 Å². The highest BCUT2D eigenvalue weighted by molar-refractivity contribution is 6.44. The molecule has 66 heavy (non-hydrogen) atoms. The van der Waals surface area contributed by atoms with E-state index in [-0.39, 0.29) is 54.7 Å². The fourth-order valence-electron chi connectivity index (χ4n) is 8.59. The van der Waals surface area contributed by atoms with Crippen LogP contribution in [0.25, 0.3) is 10.8 Å². The maximum atomic E-state index is 15.3. The molecule has 0 saturated carbocycles. The van der Waals surface area contributed by atoms with Gasteiger partial charge in [-0.05, 0) is 129 Å². The second-order valence-electron chi connectivity index (χ2n) is 21.6. The zero-order valence-corrected chi connectivity index (χ0v) is 39.9. The SMILES string of the molecule is C#Cc1ccc(N2C(=O)c3cc(Nc4cc(C(C)(C)C)cc(C(C)(C)C)c4)c4c5c(cc(Nc6cc(C(C)(C)C)cc(C(C)(C)C)c6)c(c35)C2=O)C(=O)N(c2ccc(C#C)cc2)C4=O)cc1. The van der Waals surface area contributed by atoms with Crippen molar-refractivity contribution in [3.63, 3.8) is 0 Å². The normalized spacial score (nSPS) is 14.1. The standard InChI is InChI=1S/C58H56N4O4/c1-15-33-17-21-41(22-18-33)61-51(63)43-31-46(60-40-29-37(57(9,10)11)26-38(30-40)58(12,13)14)50-48-44(52(64)62(54(50)66)42-23-19-34(16-2)20-24-42)32-45(49(47(43)48)53(61)65)59-39-27-35(55(3,4)5)25-36(28-39)56(6,7)8/h1-2,17-32,59-60H,3-14H3. The van der Waals surface area contributed by atoms with Crippen LogP contribution in [-0.4, -0.2) is 23.6 Å². The van der Waals surface area contributed by atoms with Gasteiger partial charge in [-0.25, -0.2) is 9.80 Å². The first-order valence-corrected chi connectivity index (χ1v) is 22.2. The minimum absolute atomic E-state index is 0.144. The number of anilines is 6. The van der Waals surface area contributed by atoms with Crippen molar-refractivity contribution in [3.8, 4) is 24.7 Å². The molecule has 8 nitrogen and oxygen atoms in total. The third-order valence-electron chi connectivity index (χ3n) is 12.6. The van der Waals surface area contributed by atoms with Gasteiger partial charge < -0.3 is 10.6 Å². The Kier molecular flexibility index (Phi) is 10.7. The van der Waals surface area contributed by atoms with Crippen LogP contribution in [0.1, 0.15) is 158 Å². The molecular weight excluding hydrogens is 817 g/mol. The highest BCUT2D eigenvalue weighted by Crippen LogP contribution is 2.48. The Balaban J connectivity index is 1.47. The van der Waals surface area contributed by atoms with Gasteiger partial charge in [0.15, 0.2) is 0 Å².